The van der Waals surface area contributed by atoms with Gasteiger partial charge in [-0.05, 0) is 18.4 Å². The molecule has 192 valence electrons. The molecule has 3 amide bonds. The summed E-state index contributed by atoms with van der Waals surface area (Å²) < 4.78 is -0.752. The van der Waals surface area contributed by atoms with E-state index in [-0.39, 0.29) is 29.6 Å². The van der Waals surface area contributed by atoms with E-state index in [1.807, 2.05) is 47.4 Å². The summed E-state index contributed by atoms with van der Waals surface area (Å²) in [5.74, 6) is -1.14. The highest BCUT2D eigenvalue weighted by atomic mass is 32.2. The van der Waals surface area contributed by atoms with Gasteiger partial charge in [0.15, 0.2) is 0 Å². The Morgan fingerprint density at radius 2 is 1.75 bits per heavy atom. The zero-order chi connectivity index (χ0) is 25.3. The fraction of sp³-hybridized carbons (Fsp3) is 0.536. The van der Waals surface area contributed by atoms with Crippen LogP contribution in [0.15, 0.2) is 54.6 Å². The fourth-order valence-electron chi connectivity index (χ4n) is 6.24. The Morgan fingerprint density at radius 3 is 2.53 bits per heavy atom. The van der Waals surface area contributed by atoms with Crippen molar-refractivity contribution in [2.45, 2.75) is 48.3 Å². The van der Waals surface area contributed by atoms with Crippen LogP contribution in [0.25, 0.3) is 0 Å². The molecule has 2 fully saturated rings. The monoisotopic (exact) mass is 509 g/mol. The highest BCUT2D eigenvalue weighted by Crippen LogP contribution is 2.61. The molecule has 1 N–H and O–H groups in total. The zero-order valence-corrected chi connectivity index (χ0v) is 21.6. The van der Waals surface area contributed by atoms with Gasteiger partial charge in [0.2, 0.25) is 17.7 Å². The van der Waals surface area contributed by atoms with Crippen LogP contribution in [0.3, 0.4) is 0 Å². The van der Waals surface area contributed by atoms with Gasteiger partial charge < -0.3 is 19.8 Å². The van der Waals surface area contributed by atoms with Crippen molar-refractivity contribution in [2.24, 2.45) is 11.8 Å². The maximum atomic E-state index is 14.2. The quantitative estimate of drug-likeness (QED) is 0.430. The first-order chi connectivity index (χ1) is 17.5. The molecule has 0 aromatic heterocycles. The summed E-state index contributed by atoms with van der Waals surface area (Å²) in [6.45, 7) is 2.16. The van der Waals surface area contributed by atoms with Gasteiger partial charge in [0.1, 0.15) is 6.04 Å². The fourth-order valence-corrected chi connectivity index (χ4v) is 8.25. The number of thioether (sulfide) groups is 1. The van der Waals surface area contributed by atoms with Gasteiger partial charge in [-0.15, -0.1) is 11.8 Å². The Balaban J connectivity index is 1.49. The van der Waals surface area contributed by atoms with Crippen LogP contribution in [0.2, 0.25) is 0 Å². The molecular formula is C28H35N3O4S. The molecule has 1 aromatic rings. The van der Waals surface area contributed by atoms with Crippen molar-refractivity contribution in [2.75, 3.05) is 33.3 Å². The second-order valence-corrected chi connectivity index (χ2v) is 11.8. The molecule has 1 spiro atoms. The summed E-state index contributed by atoms with van der Waals surface area (Å²) in [7, 11) is 1.79. The second-order valence-electron chi connectivity index (χ2n) is 10.3. The maximum absolute atomic E-state index is 14.2. The van der Waals surface area contributed by atoms with Crippen molar-refractivity contribution >= 4 is 29.5 Å². The minimum atomic E-state index is -0.752. The van der Waals surface area contributed by atoms with Crippen LogP contribution in [0.5, 0.6) is 0 Å². The molecule has 1 unspecified atom stereocenters. The number of hydrogen-bond donors (Lipinski definition) is 1. The van der Waals surface area contributed by atoms with Gasteiger partial charge in [0.05, 0.1) is 16.6 Å². The highest BCUT2D eigenvalue weighted by molar-refractivity contribution is 8.02. The average Bonchev–Trinajstić information content (AvgIpc) is 3.20. The van der Waals surface area contributed by atoms with Gasteiger partial charge in [-0.2, -0.15) is 0 Å². The summed E-state index contributed by atoms with van der Waals surface area (Å²) in [6, 6.07) is 9.30. The van der Waals surface area contributed by atoms with E-state index in [4.69, 9.17) is 5.11 Å². The number of unbranched alkanes of at least 4 members (excludes halogenated alkanes) is 3. The van der Waals surface area contributed by atoms with E-state index in [0.29, 0.717) is 26.2 Å². The Hall–Kier alpha value is -2.58. The van der Waals surface area contributed by atoms with Crippen LogP contribution >= 0.6 is 11.8 Å². The number of likely N-dealkylation sites (N-methyl/N-ethyl adjacent to an activating group) is 1. The molecule has 8 heteroatoms. The standard InChI is InChI=1S/C28H35N3O4S/c1-29-15-9-13-21-22(25(29)33)23-26(34)31(17-7-2-3-8-18-32)24-27(35)30(16-10-14-28(23,24)36-21)19-20-11-5-4-6-12-20/h4-6,9-14,21-24,32H,2-3,7-8,15-19H2,1H3/t21-,22+,23-,24?,28-/m0/s1. The lowest BCUT2D eigenvalue weighted by Gasteiger charge is -2.35. The molecule has 4 aliphatic rings. The van der Waals surface area contributed by atoms with Gasteiger partial charge in [0, 0.05) is 45.1 Å². The smallest absolute Gasteiger partial charge is 0.247 e. The number of fused-ring (bicyclic) bond motifs is 2. The summed E-state index contributed by atoms with van der Waals surface area (Å²) in [6.07, 6.45) is 11.5. The lowest BCUT2D eigenvalue weighted by molar-refractivity contribution is -0.144. The molecule has 5 atom stereocenters. The van der Waals surface area contributed by atoms with Crippen LogP contribution in [-0.2, 0) is 20.9 Å². The number of likely N-dealkylation sites (tertiary alicyclic amines) is 1. The van der Waals surface area contributed by atoms with Crippen LogP contribution in [0.1, 0.15) is 31.2 Å². The van der Waals surface area contributed by atoms with E-state index in [9.17, 15) is 14.4 Å². The summed E-state index contributed by atoms with van der Waals surface area (Å²) in [5.41, 5.74) is 1.05. The molecule has 0 radical (unpaired) electrons. The Morgan fingerprint density at radius 1 is 0.972 bits per heavy atom. The van der Waals surface area contributed by atoms with Crippen molar-refractivity contribution in [1.82, 2.24) is 14.7 Å². The third kappa shape index (κ3) is 4.28. The van der Waals surface area contributed by atoms with E-state index < -0.39 is 22.6 Å². The van der Waals surface area contributed by atoms with Crippen LogP contribution in [0, 0.1) is 11.8 Å². The number of rotatable bonds is 8. The van der Waals surface area contributed by atoms with Gasteiger partial charge in [-0.1, -0.05) is 67.5 Å². The van der Waals surface area contributed by atoms with Crippen LogP contribution in [-0.4, -0.2) is 86.9 Å². The van der Waals surface area contributed by atoms with E-state index >= 15 is 0 Å². The lowest BCUT2D eigenvalue weighted by atomic mass is 9.78. The molecule has 4 heterocycles. The van der Waals surface area contributed by atoms with Gasteiger partial charge in [0.25, 0.3) is 0 Å². The van der Waals surface area contributed by atoms with Crippen molar-refractivity contribution < 1.29 is 19.5 Å². The van der Waals surface area contributed by atoms with Gasteiger partial charge in [-0.3, -0.25) is 14.4 Å². The lowest BCUT2D eigenvalue weighted by Crippen LogP contribution is -2.53. The molecular weight excluding hydrogens is 474 g/mol. The molecule has 0 bridgehead atoms. The zero-order valence-electron chi connectivity index (χ0n) is 20.8. The SMILES string of the molecule is CN1CC=C[C@@H]2S[C@]34C=CCN(Cc5ccccc5)C(=O)C3N(CCCCCCO)C(=O)[C@@H]4[C@@H]2C1=O. The Labute approximate surface area is 217 Å². The third-order valence-corrected chi connectivity index (χ3v) is 9.71. The van der Waals surface area contributed by atoms with Crippen molar-refractivity contribution in [3.05, 3.63) is 60.2 Å². The first kappa shape index (κ1) is 25.1. The van der Waals surface area contributed by atoms with Gasteiger partial charge >= 0.3 is 0 Å². The highest BCUT2D eigenvalue weighted by Gasteiger charge is 2.70. The topological polar surface area (TPSA) is 81.2 Å². The number of carbonyl (C=O) groups excluding carboxylic acids is 3. The molecule has 5 rings (SSSR count). The van der Waals surface area contributed by atoms with Crippen LogP contribution < -0.4 is 0 Å². The number of benzene rings is 1. The number of hydrogen-bond acceptors (Lipinski definition) is 5. The minimum absolute atomic E-state index is 0.0116. The molecule has 4 aliphatic heterocycles. The third-order valence-electron chi connectivity index (χ3n) is 7.97. The summed E-state index contributed by atoms with van der Waals surface area (Å²) in [4.78, 5) is 47.1. The van der Waals surface area contributed by atoms with Crippen molar-refractivity contribution in [3.63, 3.8) is 0 Å². The molecule has 0 aliphatic carbocycles. The predicted octanol–water partition coefficient (Wildman–Crippen LogP) is 2.46. The van der Waals surface area contributed by atoms with Crippen LogP contribution in [0.4, 0.5) is 0 Å². The summed E-state index contributed by atoms with van der Waals surface area (Å²) in [5, 5.41) is 8.99. The first-order valence-corrected chi connectivity index (χ1v) is 13.9. The van der Waals surface area contributed by atoms with Gasteiger partial charge in [-0.25, -0.2) is 0 Å². The van der Waals surface area contributed by atoms with Crippen molar-refractivity contribution in [1.29, 1.82) is 0 Å². The predicted molar refractivity (Wildman–Crippen MR) is 140 cm³/mol. The Bertz CT molecular complexity index is 1060. The Kier molecular flexibility index (Phi) is 7.26. The van der Waals surface area contributed by atoms with E-state index in [0.717, 1.165) is 31.2 Å². The number of aliphatic hydroxyl groups is 1. The average molecular weight is 510 g/mol. The second kappa shape index (κ2) is 10.4. The number of nitrogens with zero attached hydrogens (tertiary/aromatic N) is 3. The molecule has 0 saturated carbocycles. The first-order valence-electron chi connectivity index (χ1n) is 13.0. The minimum Gasteiger partial charge on any atom is -0.396 e. The normalized spacial score (nSPS) is 31.4. The largest absolute Gasteiger partial charge is 0.396 e. The summed E-state index contributed by atoms with van der Waals surface area (Å²) >= 11 is 1.63. The molecule has 2 saturated heterocycles. The number of carbonyl (C=O) groups is 3. The molecule has 7 nitrogen and oxygen atoms in total. The van der Waals surface area contributed by atoms with Crippen molar-refractivity contribution in [3.8, 4) is 0 Å². The number of amides is 3. The van der Waals surface area contributed by atoms with E-state index in [1.165, 1.54) is 0 Å². The molecule has 1 aromatic carbocycles. The van der Waals surface area contributed by atoms with E-state index in [2.05, 4.69) is 12.2 Å². The number of aliphatic hydroxyl groups excluding tert-OH is 1. The van der Waals surface area contributed by atoms with E-state index in [1.54, 1.807) is 28.6 Å². The maximum Gasteiger partial charge on any atom is 0.247 e. The molecule has 36 heavy (non-hydrogen) atoms.